The van der Waals surface area contributed by atoms with Crippen molar-refractivity contribution in [1.29, 1.82) is 0 Å². The molecule has 2 aromatic heterocycles. The van der Waals surface area contributed by atoms with Gasteiger partial charge in [0, 0.05) is 13.2 Å². The second-order valence-corrected chi connectivity index (χ2v) is 3.97. The Bertz CT molecular complexity index is 606. The summed E-state index contributed by atoms with van der Waals surface area (Å²) < 4.78 is 15.0. The Balaban J connectivity index is 2.30. The first-order valence-electron chi connectivity index (χ1n) is 5.42. The number of aryl methyl sites for hydroxylation is 2. The lowest BCUT2D eigenvalue weighted by Crippen LogP contribution is -2.15. The molecule has 0 radical (unpaired) electrons. The van der Waals surface area contributed by atoms with E-state index in [2.05, 4.69) is 15.4 Å². The number of anilines is 1. The lowest BCUT2D eigenvalue weighted by atomic mass is 10.2. The van der Waals surface area contributed by atoms with Crippen LogP contribution in [-0.4, -0.2) is 20.7 Å². The highest BCUT2D eigenvalue weighted by Crippen LogP contribution is 2.19. The molecule has 18 heavy (non-hydrogen) atoms. The molecule has 1 amide bonds. The summed E-state index contributed by atoms with van der Waals surface area (Å²) in [5.74, 6) is -1.31. The molecule has 6 heteroatoms. The summed E-state index contributed by atoms with van der Waals surface area (Å²) in [4.78, 5) is 15.4. The van der Waals surface area contributed by atoms with Gasteiger partial charge in [-0.25, -0.2) is 4.98 Å². The molecule has 0 saturated heterocycles. The number of carbonyl (C=O) groups is 1. The molecule has 94 valence electrons. The standard InChI is InChI=1S/C12H13FN4O/c1-7-10(8(2)17(3)16-7)15-12(18)9-5-4-6-14-11(9)13/h4-6H,1-3H3,(H,15,18). The first kappa shape index (κ1) is 12.2. The molecule has 0 unspecified atom stereocenters. The molecule has 2 rings (SSSR count). The maximum atomic E-state index is 13.4. The Kier molecular flexibility index (Phi) is 3.10. The second-order valence-electron chi connectivity index (χ2n) is 3.97. The lowest BCUT2D eigenvalue weighted by Gasteiger charge is -2.05. The molecular formula is C12H13FN4O. The van der Waals surface area contributed by atoms with Gasteiger partial charge in [-0.1, -0.05) is 0 Å². The topological polar surface area (TPSA) is 59.8 Å². The number of amides is 1. The van der Waals surface area contributed by atoms with Crippen LogP contribution in [0, 0.1) is 19.8 Å². The highest BCUT2D eigenvalue weighted by molar-refractivity contribution is 6.04. The van der Waals surface area contributed by atoms with Crippen molar-refractivity contribution in [1.82, 2.24) is 14.8 Å². The van der Waals surface area contributed by atoms with Crippen molar-refractivity contribution in [2.75, 3.05) is 5.32 Å². The van der Waals surface area contributed by atoms with Gasteiger partial charge < -0.3 is 5.32 Å². The normalized spacial score (nSPS) is 10.4. The van der Waals surface area contributed by atoms with Gasteiger partial charge in [0.25, 0.3) is 5.91 Å². The number of nitrogens with zero attached hydrogens (tertiary/aromatic N) is 3. The van der Waals surface area contributed by atoms with Crippen molar-refractivity contribution in [2.24, 2.45) is 7.05 Å². The van der Waals surface area contributed by atoms with Crippen molar-refractivity contribution in [3.8, 4) is 0 Å². The van der Waals surface area contributed by atoms with Gasteiger partial charge in [0.2, 0.25) is 5.95 Å². The molecule has 0 aliphatic heterocycles. The number of hydrogen-bond donors (Lipinski definition) is 1. The van der Waals surface area contributed by atoms with Gasteiger partial charge in [0.15, 0.2) is 0 Å². The van der Waals surface area contributed by atoms with E-state index >= 15 is 0 Å². The number of pyridine rings is 1. The zero-order valence-electron chi connectivity index (χ0n) is 10.4. The smallest absolute Gasteiger partial charge is 0.260 e. The molecule has 0 saturated carbocycles. The number of aromatic nitrogens is 3. The van der Waals surface area contributed by atoms with Gasteiger partial charge in [0.1, 0.15) is 0 Å². The summed E-state index contributed by atoms with van der Waals surface area (Å²) in [6.07, 6.45) is 1.30. The van der Waals surface area contributed by atoms with Gasteiger partial charge in [0.05, 0.1) is 22.6 Å². The monoisotopic (exact) mass is 248 g/mol. The quantitative estimate of drug-likeness (QED) is 0.825. The molecule has 1 N–H and O–H groups in total. The van der Waals surface area contributed by atoms with Crippen molar-refractivity contribution >= 4 is 11.6 Å². The summed E-state index contributed by atoms with van der Waals surface area (Å²) >= 11 is 0. The molecule has 2 aromatic rings. The van der Waals surface area contributed by atoms with E-state index in [4.69, 9.17) is 0 Å². The predicted octanol–water partition coefficient (Wildman–Crippen LogP) is 1.82. The Morgan fingerprint density at radius 1 is 1.44 bits per heavy atom. The van der Waals surface area contributed by atoms with Crippen LogP contribution in [0.15, 0.2) is 18.3 Å². The van der Waals surface area contributed by atoms with Crippen LogP contribution in [0.3, 0.4) is 0 Å². The largest absolute Gasteiger partial charge is 0.319 e. The van der Waals surface area contributed by atoms with Crippen molar-refractivity contribution in [3.05, 3.63) is 41.2 Å². The fourth-order valence-corrected chi connectivity index (χ4v) is 1.69. The van der Waals surface area contributed by atoms with Crippen LogP contribution in [-0.2, 0) is 7.05 Å². The molecule has 0 atom stereocenters. The van der Waals surface area contributed by atoms with E-state index in [-0.39, 0.29) is 5.56 Å². The highest BCUT2D eigenvalue weighted by atomic mass is 19.1. The third-order valence-electron chi connectivity index (χ3n) is 2.75. The van der Waals surface area contributed by atoms with Crippen molar-refractivity contribution in [2.45, 2.75) is 13.8 Å². The Hall–Kier alpha value is -2.24. The van der Waals surface area contributed by atoms with Gasteiger partial charge >= 0.3 is 0 Å². The van der Waals surface area contributed by atoms with E-state index in [0.29, 0.717) is 11.4 Å². The number of hydrogen-bond acceptors (Lipinski definition) is 3. The molecule has 0 fully saturated rings. The van der Waals surface area contributed by atoms with Crippen molar-refractivity contribution < 1.29 is 9.18 Å². The number of carbonyl (C=O) groups excluding carboxylic acids is 1. The fraction of sp³-hybridized carbons (Fsp3) is 0.250. The van der Waals surface area contributed by atoms with Gasteiger partial charge in [-0.2, -0.15) is 9.49 Å². The zero-order valence-corrected chi connectivity index (χ0v) is 10.4. The van der Waals surface area contributed by atoms with Gasteiger partial charge in [-0.05, 0) is 26.0 Å². The summed E-state index contributed by atoms with van der Waals surface area (Å²) in [6, 6.07) is 2.90. The zero-order chi connectivity index (χ0) is 13.3. The summed E-state index contributed by atoms with van der Waals surface area (Å²) in [7, 11) is 1.78. The minimum absolute atomic E-state index is 0.0832. The van der Waals surface area contributed by atoms with E-state index in [0.717, 1.165) is 5.69 Å². The van der Waals surface area contributed by atoms with Crippen LogP contribution in [0.5, 0.6) is 0 Å². The Labute approximate surface area is 104 Å². The van der Waals surface area contributed by atoms with E-state index in [1.807, 2.05) is 6.92 Å². The number of halogens is 1. The minimum atomic E-state index is -0.783. The van der Waals surface area contributed by atoms with Crippen molar-refractivity contribution in [3.63, 3.8) is 0 Å². The van der Waals surface area contributed by atoms with E-state index in [1.54, 1.807) is 18.7 Å². The summed E-state index contributed by atoms with van der Waals surface area (Å²) in [5.41, 5.74) is 2.02. The first-order chi connectivity index (χ1) is 8.50. The molecular weight excluding hydrogens is 235 g/mol. The predicted molar refractivity (Wildman–Crippen MR) is 64.8 cm³/mol. The van der Waals surface area contributed by atoms with Crippen LogP contribution in [0.25, 0.3) is 0 Å². The first-order valence-corrected chi connectivity index (χ1v) is 5.42. The maximum Gasteiger partial charge on any atom is 0.260 e. The summed E-state index contributed by atoms with van der Waals surface area (Å²) in [6.45, 7) is 3.61. The molecule has 0 spiro atoms. The van der Waals surface area contributed by atoms with Crippen LogP contribution in [0.2, 0.25) is 0 Å². The molecule has 0 bridgehead atoms. The van der Waals surface area contributed by atoms with Gasteiger partial charge in [-0.3, -0.25) is 9.48 Å². The van der Waals surface area contributed by atoms with Crippen LogP contribution in [0.4, 0.5) is 10.1 Å². The molecule has 5 nitrogen and oxygen atoms in total. The summed E-state index contributed by atoms with van der Waals surface area (Å²) in [5, 5.41) is 6.83. The number of rotatable bonds is 2. The van der Waals surface area contributed by atoms with E-state index in [9.17, 15) is 9.18 Å². The third kappa shape index (κ3) is 2.09. The SMILES string of the molecule is Cc1nn(C)c(C)c1NC(=O)c1cccnc1F. The third-order valence-corrected chi connectivity index (χ3v) is 2.75. The Morgan fingerprint density at radius 3 is 2.72 bits per heavy atom. The maximum absolute atomic E-state index is 13.4. The molecule has 0 aliphatic rings. The second kappa shape index (κ2) is 4.56. The highest BCUT2D eigenvalue weighted by Gasteiger charge is 2.16. The lowest BCUT2D eigenvalue weighted by molar-refractivity contribution is 0.102. The molecule has 2 heterocycles. The van der Waals surface area contributed by atoms with Crippen LogP contribution < -0.4 is 5.32 Å². The number of nitrogens with one attached hydrogen (secondary N) is 1. The van der Waals surface area contributed by atoms with Crippen LogP contribution >= 0.6 is 0 Å². The minimum Gasteiger partial charge on any atom is -0.319 e. The Morgan fingerprint density at radius 2 is 2.17 bits per heavy atom. The molecule has 0 aromatic carbocycles. The van der Waals surface area contributed by atoms with Gasteiger partial charge in [-0.15, -0.1) is 0 Å². The average molecular weight is 248 g/mol. The van der Waals surface area contributed by atoms with E-state index in [1.165, 1.54) is 18.3 Å². The molecule has 0 aliphatic carbocycles. The average Bonchev–Trinajstić information content (AvgIpc) is 2.56. The fourth-order valence-electron chi connectivity index (χ4n) is 1.69. The van der Waals surface area contributed by atoms with E-state index < -0.39 is 11.9 Å². The van der Waals surface area contributed by atoms with Crippen LogP contribution in [0.1, 0.15) is 21.7 Å².